The minimum Gasteiger partial charge on any atom is -0.394 e. The number of aromatic nitrogens is 2. The molecule has 7 nitrogen and oxygen atoms in total. The first kappa shape index (κ1) is 13.8. The van der Waals surface area contributed by atoms with Crippen LogP contribution in [0.25, 0.3) is 0 Å². The van der Waals surface area contributed by atoms with Gasteiger partial charge in [0.25, 0.3) is 0 Å². The topological polar surface area (TPSA) is 100 Å². The van der Waals surface area contributed by atoms with E-state index < -0.39 is 0 Å². The third-order valence-corrected chi connectivity index (χ3v) is 3.44. The number of hydrogen-bond acceptors (Lipinski definition) is 5. The Morgan fingerprint density at radius 3 is 2.89 bits per heavy atom. The van der Waals surface area contributed by atoms with Gasteiger partial charge in [-0.3, -0.25) is 10.1 Å². The summed E-state index contributed by atoms with van der Waals surface area (Å²) >= 11 is 0. The molecule has 2 atom stereocenters. The molecule has 2 rings (SSSR count). The van der Waals surface area contributed by atoms with Crippen LogP contribution >= 0.6 is 0 Å². The Kier molecular flexibility index (Phi) is 3.77. The van der Waals surface area contributed by atoms with Crippen molar-refractivity contribution in [2.24, 2.45) is 12.8 Å². The van der Waals surface area contributed by atoms with Crippen LogP contribution in [0.3, 0.4) is 0 Å². The second-order valence-corrected chi connectivity index (χ2v) is 4.96. The fourth-order valence-electron chi connectivity index (χ4n) is 2.51. The predicted octanol–water partition coefficient (Wildman–Crippen LogP) is -0.401. The molecule has 0 aliphatic carbocycles. The molecule has 106 valence electrons. The molecule has 0 saturated carbocycles. The second-order valence-electron chi connectivity index (χ2n) is 4.96. The first-order valence-corrected chi connectivity index (χ1v) is 6.32. The number of aliphatic hydroxyl groups excluding tert-OH is 1. The number of nitrogens with one attached hydrogen (secondary N) is 1. The van der Waals surface area contributed by atoms with E-state index in [1.807, 2.05) is 20.9 Å². The van der Waals surface area contributed by atoms with Crippen molar-refractivity contribution in [3.63, 3.8) is 0 Å². The Morgan fingerprint density at radius 1 is 1.63 bits per heavy atom. The predicted molar refractivity (Wildman–Crippen MR) is 72.6 cm³/mol. The molecule has 1 saturated heterocycles. The van der Waals surface area contributed by atoms with Crippen LogP contribution in [0.1, 0.15) is 18.2 Å². The van der Waals surface area contributed by atoms with Gasteiger partial charge in [-0.1, -0.05) is 0 Å². The molecule has 1 aliphatic rings. The Labute approximate surface area is 112 Å². The highest BCUT2D eigenvalue weighted by molar-refractivity contribution is 6.01. The first-order chi connectivity index (χ1) is 8.95. The van der Waals surface area contributed by atoms with Crippen LogP contribution in [-0.4, -0.2) is 52.6 Å². The van der Waals surface area contributed by atoms with Gasteiger partial charge in [-0.2, -0.15) is 5.10 Å². The van der Waals surface area contributed by atoms with E-state index in [9.17, 15) is 5.11 Å². The maximum Gasteiger partial charge on any atom is 0.138 e. The molecule has 19 heavy (non-hydrogen) atoms. The summed E-state index contributed by atoms with van der Waals surface area (Å²) < 4.78 is 7.27. The Bertz CT molecular complexity index is 485. The van der Waals surface area contributed by atoms with Crippen LogP contribution in [0.5, 0.6) is 0 Å². The van der Waals surface area contributed by atoms with Gasteiger partial charge in [0.2, 0.25) is 0 Å². The van der Waals surface area contributed by atoms with Crippen LogP contribution in [0.2, 0.25) is 0 Å². The molecule has 7 heteroatoms. The molecule has 1 aromatic rings. The van der Waals surface area contributed by atoms with Gasteiger partial charge in [0.15, 0.2) is 0 Å². The summed E-state index contributed by atoms with van der Waals surface area (Å²) in [5, 5.41) is 21.3. The van der Waals surface area contributed by atoms with Crippen molar-refractivity contribution in [1.29, 1.82) is 5.41 Å². The average molecular weight is 267 g/mol. The molecule has 0 aromatic carbocycles. The highest BCUT2D eigenvalue weighted by Crippen LogP contribution is 2.27. The molecule has 0 radical (unpaired) electrons. The number of hydrogen-bond donors (Lipinski definition) is 3. The SMILES string of the molecule is Cc1nn(C)c(N2CC(CO)OCC2C)c1C(=N)N. The number of nitrogen functional groups attached to an aromatic ring is 1. The minimum atomic E-state index is -0.216. The largest absolute Gasteiger partial charge is 0.394 e. The fraction of sp³-hybridized carbons (Fsp3) is 0.667. The van der Waals surface area contributed by atoms with Crippen molar-refractivity contribution < 1.29 is 9.84 Å². The van der Waals surface area contributed by atoms with Crippen LogP contribution in [0, 0.1) is 12.3 Å². The van der Waals surface area contributed by atoms with Crippen LogP contribution in [-0.2, 0) is 11.8 Å². The number of nitrogens with zero attached hydrogens (tertiary/aromatic N) is 3. The molecular weight excluding hydrogens is 246 g/mol. The van der Waals surface area contributed by atoms with E-state index in [1.165, 1.54) is 0 Å². The summed E-state index contributed by atoms with van der Waals surface area (Å²) in [5.74, 6) is 0.832. The number of anilines is 1. The van der Waals surface area contributed by atoms with Gasteiger partial charge in [0.1, 0.15) is 11.7 Å². The van der Waals surface area contributed by atoms with Gasteiger partial charge >= 0.3 is 0 Å². The third-order valence-electron chi connectivity index (χ3n) is 3.44. The van der Waals surface area contributed by atoms with Gasteiger partial charge in [0.05, 0.1) is 36.6 Å². The number of morpholine rings is 1. The molecule has 1 aromatic heterocycles. The Morgan fingerprint density at radius 2 is 2.32 bits per heavy atom. The van der Waals surface area contributed by atoms with Gasteiger partial charge in [-0.15, -0.1) is 0 Å². The maximum absolute atomic E-state index is 9.25. The van der Waals surface area contributed by atoms with E-state index in [-0.39, 0.29) is 24.6 Å². The standard InChI is InChI=1S/C12H21N5O2/c1-7-6-19-9(5-18)4-17(7)12-10(11(13)14)8(2)15-16(12)3/h7,9,18H,4-6H2,1-3H3,(H3,13,14). The smallest absolute Gasteiger partial charge is 0.138 e. The lowest BCUT2D eigenvalue weighted by molar-refractivity contribution is -0.0107. The lowest BCUT2D eigenvalue weighted by atomic mass is 10.1. The van der Waals surface area contributed by atoms with Gasteiger partial charge in [-0.05, 0) is 13.8 Å². The van der Waals surface area contributed by atoms with E-state index in [0.29, 0.717) is 18.7 Å². The zero-order valence-corrected chi connectivity index (χ0v) is 11.6. The number of aliphatic hydroxyl groups is 1. The Hall–Kier alpha value is -1.60. The van der Waals surface area contributed by atoms with Crippen LogP contribution in [0.15, 0.2) is 0 Å². The number of aryl methyl sites for hydroxylation is 2. The summed E-state index contributed by atoms with van der Waals surface area (Å²) in [7, 11) is 1.84. The molecule has 2 heterocycles. The molecule has 0 spiro atoms. The summed E-state index contributed by atoms with van der Waals surface area (Å²) in [6.07, 6.45) is -0.216. The summed E-state index contributed by atoms with van der Waals surface area (Å²) in [5.41, 5.74) is 7.07. The number of amidine groups is 1. The van der Waals surface area contributed by atoms with Gasteiger partial charge in [-0.25, -0.2) is 0 Å². The van der Waals surface area contributed by atoms with E-state index in [1.54, 1.807) is 4.68 Å². The molecule has 4 N–H and O–H groups in total. The molecule has 2 unspecified atom stereocenters. The van der Waals surface area contributed by atoms with Crippen LogP contribution in [0.4, 0.5) is 5.82 Å². The minimum absolute atomic E-state index is 0.0137. The molecule has 1 fully saturated rings. The van der Waals surface area contributed by atoms with E-state index in [2.05, 4.69) is 10.00 Å². The van der Waals surface area contributed by atoms with Crippen molar-refractivity contribution in [1.82, 2.24) is 9.78 Å². The molecule has 0 amide bonds. The monoisotopic (exact) mass is 267 g/mol. The Balaban J connectivity index is 2.42. The molecule has 1 aliphatic heterocycles. The lowest BCUT2D eigenvalue weighted by Gasteiger charge is -2.39. The normalized spacial score (nSPS) is 23.7. The van der Waals surface area contributed by atoms with Crippen molar-refractivity contribution in [2.45, 2.75) is 26.0 Å². The third kappa shape index (κ3) is 2.43. The van der Waals surface area contributed by atoms with Crippen molar-refractivity contribution >= 4 is 11.7 Å². The fourth-order valence-corrected chi connectivity index (χ4v) is 2.51. The maximum atomic E-state index is 9.25. The molecular formula is C12H21N5O2. The summed E-state index contributed by atoms with van der Waals surface area (Å²) in [6, 6.07) is 0.149. The zero-order chi connectivity index (χ0) is 14.2. The van der Waals surface area contributed by atoms with Crippen LogP contribution < -0.4 is 10.6 Å². The highest BCUT2D eigenvalue weighted by Gasteiger charge is 2.31. The summed E-state index contributed by atoms with van der Waals surface area (Å²) in [6.45, 7) is 4.97. The van der Waals surface area contributed by atoms with E-state index in [4.69, 9.17) is 15.9 Å². The van der Waals surface area contributed by atoms with Crippen molar-refractivity contribution in [2.75, 3.05) is 24.7 Å². The quantitative estimate of drug-likeness (QED) is 0.511. The van der Waals surface area contributed by atoms with Gasteiger partial charge in [0, 0.05) is 13.6 Å². The van der Waals surface area contributed by atoms with E-state index in [0.717, 1.165) is 11.5 Å². The lowest BCUT2D eigenvalue weighted by Crippen LogP contribution is -2.50. The first-order valence-electron chi connectivity index (χ1n) is 6.32. The van der Waals surface area contributed by atoms with Crippen molar-refractivity contribution in [3.05, 3.63) is 11.3 Å². The van der Waals surface area contributed by atoms with Gasteiger partial charge < -0.3 is 20.5 Å². The molecule has 0 bridgehead atoms. The highest BCUT2D eigenvalue weighted by atomic mass is 16.5. The van der Waals surface area contributed by atoms with E-state index >= 15 is 0 Å². The zero-order valence-electron chi connectivity index (χ0n) is 11.6. The average Bonchev–Trinajstić information content (AvgIpc) is 2.65. The second kappa shape index (κ2) is 5.18. The number of rotatable bonds is 3. The number of nitrogens with two attached hydrogens (primary N) is 1. The summed E-state index contributed by atoms with van der Waals surface area (Å²) in [4.78, 5) is 2.10. The van der Waals surface area contributed by atoms with Crippen molar-refractivity contribution in [3.8, 4) is 0 Å². The number of ether oxygens (including phenoxy) is 1.